The number of benzene rings is 2. The molecule has 0 bridgehead atoms. The van der Waals surface area contributed by atoms with Crippen LogP contribution in [0.15, 0.2) is 65.3 Å². The standard InChI is InChI=1S/C21H20ClN3O3S/c1-3-9-28-17-8-7-15(11-18(17)27-2)13-23-25-21-24-20(26)19(29-21)12-14-5-4-6-16(22)10-14/h3-8,10-11,13,19H,1,9,12H2,2H3,(H,24,25,26)/b23-13+. The zero-order valence-corrected chi connectivity index (χ0v) is 17.4. The van der Waals surface area contributed by atoms with Gasteiger partial charge in [-0.2, -0.15) is 5.10 Å². The Bertz CT molecular complexity index is 962. The second-order valence-corrected chi connectivity index (χ2v) is 7.72. The van der Waals surface area contributed by atoms with Gasteiger partial charge in [0.25, 0.3) is 0 Å². The molecule has 1 N–H and O–H groups in total. The summed E-state index contributed by atoms with van der Waals surface area (Å²) >= 11 is 7.36. The fourth-order valence-electron chi connectivity index (χ4n) is 2.64. The summed E-state index contributed by atoms with van der Waals surface area (Å²) in [4.78, 5) is 12.2. The van der Waals surface area contributed by atoms with Crippen LogP contribution in [0.4, 0.5) is 0 Å². The zero-order valence-electron chi connectivity index (χ0n) is 15.8. The maximum absolute atomic E-state index is 12.2. The molecule has 6 nitrogen and oxygen atoms in total. The molecule has 0 saturated carbocycles. The number of amides is 1. The van der Waals surface area contributed by atoms with Crippen molar-refractivity contribution in [3.63, 3.8) is 0 Å². The maximum Gasteiger partial charge on any atom is 0.239 e. The lowest BCUT2D eigenvalue weighted by Crippen LogP contribution is -2.25. The van der Waals surface area contributed by atoms with Gasteiger partial charge in [-0.3, -0.25) is 4.79 Å². The van der Waals surface area contributed by atoms with Gasteiger partial charge >= 0.3 is 0 Å². The van der Waals surface area contributed by atoms with Crippen molar-refractivity contribution in [1.29, 1.82) is 0 Å². The molecule has 0 aliphatic carbocycles. The van der Waals surface area contributed by atoms with E-state index in [4.69, 9.17) is 21.1 Å². The molecule has 1 aliphatic rings. The highest BCUT2D eigenvalue weighted by molar-refractivity contribution is 8.15. The molecule has 2 aromatic carbocycles. The summed E-state index contributed by atoms with van der Waals surface area (Å²) in [6.07, 6.45) is 3.82. The minimum atomic E-state index is -0.260. The van der Waals surface area contributed by atoms with Crippen LogP contribution in [-0.4, -0.2) is 36.3 Å². The molecule has 8 heteroatoms. The number of hydrogen-bond donors (Lipinski definition) is 1. The van der Waals surface area contributed by atoms with Crippen molar-refractivity contribution in [1.82, 2.24) is 5.32 Å². The molecular formula is C21H20ClN3O3S. The molecule has 0 spiro atoms. The predicted octanol–water partition coefficient (Wildman–Crippen LogP) is 4.08. The van der Waals surface area contributed by atoms with Gasteiger partial charge in [0.15, 0.2) is 16.7 Å². The van der Waals surface area contributed by atoms with Crippen molar-refractivity contribution >= 4 is 40.7 Å². The number of methoxy groups -OCH3 is 1. The predicted molar refractivity (Wildman–Crippen MR) is 118 cm³/mol. The Morgan fingerprint density at radius 3 is 2.90 bits per heavy atom. The highest BCUT2D eigenvalue weighted by Gasteiger charge is 2.30. The molecule has 29 heavy (non-hydrogen) atoms. The third-order valence-corrected chi connectivity index (χ3v) is 5.29. The first-order valence-electron chi connectivity index (χ1n) is 8.83. The summed E-state index contributed by atoms with van der Waals surface area (Å²) in [6.45, 7) is 4.02. The molecule has 150 valence electrons. The van der Waals surface area contributed by atoms with E-state index in [2.05, 4.69) is 22.1 Å². The Labute approximate surface area is 178 Å². The van der Waals surface area contributed by atoms with E-state index in [0.717, 1.165) is 11.1 Å². The molecule has 1 aliphatic heterocycles. The topological polar surface area (TPSA) is 72.3 Å². The smallest absolute Gasteiger partial charge is 0.239 e. The minimum absolute atomic E-state index is 0.0886. The third-order valence-electron chi connectivity index (χ3n) is 3.99. The first-order valence-corrected chi connectivity index (χ1v) is 10.1. The Hall–Kier alpha value is -2.77. The molecule has 1 unspecified atom stereocenters. The van der Waals surface area contributed by atoms with Gasteiger partial charge in [0.05, 0.1) is 18.6 Å². The fraction of sp³-hybridized carbons (Fsp3) is 0.190. The molecule has 2 aromatic rings. The Balaban J connectivity index is 1.63. The van der Waals surface area contributed by atoms with Crippen LogP contribution in [0, 0.1) is 0 Å². The minimum Gasteiger partial charge on any atom is -0.493 e. The number of amidine groups is 1. The number of nitrogens with one attached hydrogen (secondary N) is 1. The van der Waals surface area contributed by atoms with E-state index in [9.17, 15) is 4.79 Å². The Morgan fingerprint density at radius 1 is 1.28 bits per heavy atom. The lowest BCUT2D eigenvalue weighted by molar-refractivity contribution is -0.118. The van der Waals surface area contributed by atoms with E-state index in [-0.39, 0.29) is 11.2 Å². The molecule has 1 saturated heterocycles. The van der Waals surface area contributed by atoms with Crippen molar-refractivity contribution in [3.8, 4) is 11.5 Å². The summed E-state index contributed by atoms with van der Waals surface area (Å²) in [5.74, 6) is 1.13. The van der Waals surface area contributed by atoms with E-state index in [1.807, 2.05) is 30.3 Å². The number of nitrogens with zero attached hydrogens (tertiary/aromatic N) is 2. The zero-order chi connectivity index (χ0) is 20.6. The second-order valence-electron chi connectivity index (χ2n) is 6.09. The van der Waals surface area contributed by atoms with E-state index in [1.54, 1.807) is 31.5 Å². The average Bonchev–Trinajstić information content (AvgIpc) is 3.06. The normalized spacial score (nSPS) is 17.5. The van der Waals surface area contributed by atoms with Gasteiger partial charge in [-0.15, -0.1) is 5.10 Å². The van der Waals surface area contributed by atoms with Crippen LogP contribution in [0.2, 0.25) is 5.02 Å². The van der Waals surface area contributed by atoms with Crippen LogP contribution in [0.5, 0.6) is 11.5 Å². The Morgan fingerprint density at radius 2 is 2.14 bits per heavy atom. The van der Waals surface area contributed by atoms with E-state index in [1.165, 1.54) is 11.8 Å². The first-order chi connectivity index (χ1) is 14.1. The average molecular weight is 430 g/mol. The van der Waals surface area contributed by atoms with Gasteiger partial charge in [0, 0.05) is 5.02 Å². The number of ether oxygens (including phenoxy) is 2. The van der Waals surface area contributed by atoms with Gasteiger partial charge in [-0.1, -0.05) is 48.2 Å². The van der Waals surface area contributed by atoms with Gasteiger partial charge in [-0.05, 0) is 47.9 Å². The highest BCUT2D eigenvalue weighted by Crippen LogP contribution is 2.28. The molecular weight excluding hydrogens is 410 g/mol. The number of thioether (sulfide) groups is 1. The van der Waals surface area contributed by atoms with Crippen molar-refractivity contribution in [3.05, 3.63) is 71.3 Å². The fourth-order valence-corrected chi connectivity index (χ4v) is 3.82. The summed E-state index contributed by atoms with van der Waals surface area (Å²) in [5, 5.41) is 11.8. The van der Waals surface area contributed by atoms with Gasteiger partial charge < -0.3 is 14.8 Å². The van der Waals surface area contributed by atoms with E-state index < -0.39 is 0 Å². The molecule has 1 atom stereocenters. The molecule has 0 aromatic heterocycles. The summed E-state index contributed by atoms with van der Waals surface area (Å²) in [7, 11) is 1.57. The number of halogens is 1. The molecule has 1 heterocycles. The first kappa shape index (κ1) is 21.0. The van der Waals surface area contributed by atoms with Crippen LogP contribution < -0.4 is 14.8 Å². The van der Waals surface area contributed by atoms with Crippen molar-refractivity contribution in [2.75, 3.05) is 13.7 Å². The van der Waals surface area contributed by atoms with E-state index in [0.29, 0.717) is 34.7 Å². The molecule has 0 radical (unpaired) electrons. The van der Waals surface area contributed by atoms with E-state index >= 15 is 0 Å². The van der Waals surface area contributed by atoms with Crippen LogP contribution >= 0.6 is 23.4 Å². The van der Waals surface area contributed by atoms with Crippen LogP contribution in [0.3, 0.4) is 0 Å². The van der Waals surface area contributed by atoms with Crippen molar-refractivity contribution < 1.29 is 14.3 Å². The van der Waals surface area contributed by atoms with Crippen LogP contribution in [-0.2, 0) is 11.2 Å². The summed E-state index contributed by atoms with van der Waals surface area (Å²) in [6, 6.07) is 12.9. The third kappa shape index (κ3) is 5.85. The van der Waals surface area contributed by atoms with Gasteiger partial charge in [0.1, 0.15) is 6.61 Å². The largest absolute Gasteiger partial charge is 0.493 e. The van der Waals surface area contributed by atoms with Gasteiger partial charge in [-0.25, -0.2) is 0 Å². The van der Waals surface area contributed by atoms with Crippen molar-refractivity contribution in [2.24, 2.45) is 10.2 Å². The SMILES string of the molecule is C=CCOc1ccc(/C=N/N=C2\NC(=O)C(Cc3cccc(Cl)c3)S2)cc1OC. The molecule has 1 amide bonds. The number of carbonyl (C=O) groups excluding carboxylic acids is 1. The summed E-state index contributed by atoms with van der Waals surface area (Å²) in [5.41, 5.74) is 1.79. The molecule has 3 rings (SSSR count). The maximum atomic E-state index is 12.2. The number of hydrogen-bond acceptors (Lipinski definition) is 6. The molecule has 1 fully saturated rings. The van der Waals surface area contributed by atoms with Crippen molar-refractivity contribution in [2.45, 2.75) is 11.7 Å². The lowest BCUT2D eigenvalue weighted by Gasteiger charge is -2.09. The second kappa shape index (κ2) is 10.1. The summed E-state index contributed by atoms with van der Waals surface area (Å²) < 4.78 is 10.9. The van der Waals surface area contributed by atoms with Crippen LogP contribution in [0.25, 0.3) is 0 Å². The Kier molecular flexibility index (Phi) is 7.32. The highest BCUT2D eigenvalue weighted by atomic mass is 35.5. The number of rotatable bonds is 8. The quantitative estimate of drug-likeness (QED) is 0.390. The number of carbonyl (C=O) groups is 1. The van der Waals surface area contributed by atoms with Gasteiger partial charge in [0.2, 0.25) is 5.91 Å². The van der Waals surface area contributed by atoms with Crippen LogP contribution in [0.1, 0.15) is 11.1 Å². The monoisotopic (exact) mass is 429 g/mol. The lowest BCUT2D eigenvalue weighted by atomic mass is 10.1.